The van der Waals surface area contributed by atoms with Gasteiger partial charge in [-0.05, 0) is 12.1 Å². The van der Waals surface area contributed by atoms with Crippen LogP contribution < -0.4 is 5.32 Å². The lowest BCUT2D eigenvalue weighted by Gasteiger charge is -2.28. The number of hydrogen-bond donors (Lipinski definition) is 2. The lowest BCUT2D eigenvalue weighted by atomic mass is 9.84. The van der Waals surface area contributed by atoms with Crippen molar-refractivity contribution in [3.05, 3.63) is 78.0 Å². The topological polar surface area (TPSA) is 61.7 Å². The number of ketones is 1. The number of halogens is 1. The molecule has 22 heavy (non-hydrogen) atoms. The first-order valence-electron chi connectivity index (χ1n) is 6.72. The number of para-hydroxylation sites is 1. The SMILES string of the molecule is O=C(C(=NO)C1(F)C=CNc2ccccc21)c1ccccc1. The van der Waals surface area contributed by atoms with E-state index in [9.17, 15) is 10.0 Å². The van der Waals surface area contributed by atoms with Gasteiger partial charge in [0.15, 0.2) is 5.71 Å². The van der Waals surface area contributed by atoms with Crippen LogP contribution in [-0.2, 0) is 5.67 Å². The molecule has 1 atom stereocenters. The average molecular weight is 296 g/mol. The predicted molar refractivity (Wildman–Crippen MR) is 82.0 cm³/mol. The number of rotatable bonds is 3. The van der Waals surface area contributed by atoms with Crippen molar-refractivity contribution < 1.29 is 14.4 Å². The lowest BCUT2D eigenvalue weighted by molar-refractivity contribution is 0.104. The minimum Gasteiger partial charge on any atom is -0.410 e. The van der Waals surface area contributed by atoms with Gasteiger partial charge in [-0.25, -0.2) is 4.39 Å². The molecule has 2 aromatic rings. The minimum absolute atomic E-state index is 0.231. The highest BCUT2D eigenvalue weighted by molar-refractivity contribution is 6.48. The van der Waals surface area contributed by atoms with E-state index in [-0.39, 0.29) is 11.1 Å². The molecule has 0 saturated carbocycles. The summed E-state index contributed by atoms with van der Waals surface area (Å²) < 4.78 is 15.5. The number of anilines is 1. The van der Waals surface area contributed by atoms with Crippen molar-refractivity contribution in [3.63, 3.8) is 0 Å². The Balaban J connectivity index is 2.09. The summed E-state index contributed by atoms with van der Waals surface area (Å²) in [7, 11) is 0. The number of benzene rings is 2. The number of allylic oxidation sites excluding steroid dienone is 1. The molecule has 0 bridgehead atoms. The first-order chi connectivity index (χ1) is 10.7. The Kier molecular flexibility index (Phi) is 3.47. The van der Waals surface area contributed by atoms with Crippen LogP contribution in [0.2, 0.25) is 0 Å². The van der Waals surface area contributed by atoms with E-state index in [4.69, 9.17) is 0 Å². The summed E-state index contributed by atoms with van der Waals surface area (Å²) in [5, 5.41) is 15.2. The van der Waals surface area contributed by atoms with Gasteiger partial charge in [-0.1, -0.05) is 53.7 Å². The molecule has 1 unspecified atom stereocenters. The van der Waals surface area contributed by atoms with Gasteiger partial charge < -0.3 is 10.5 Å². The molecule has 1 aliphatic rings. The molecule has 0 amide bonds. The van der Waals surface area contributed by atoms with Crippen LogP contribution in [0, 0.1) is 0 Å². The molecule has 2 N–H and O–H groups in total. The lowest BCUT2D eigenvalue weighted by Crippen LogP contribution is -2.37. The molecule has 2 aromatic carbocycles. The van der Waals surface area contributed by atoms with Gasteiger partial charge in [0.2, 0.25) is 11.5 Å². The summed E-state index contributed by atoms with van der Waals surface area (Å²) in [6.45, 7) is 0. The van der Waals surface area contributed by atoms with E-state index in [1.54, 1.807) is 54.6 Å². The van der Waals surface area contributed by atoms with E-state index in [2.05, 4.69) is 10.5 Å². The van der Waals surface area contributed by atoms with Gasteiger partial charge >= 0.3 is 0 Å². The number of alkyl halides is 1. The van der Waals surface area contributed by atoms with E-state index >= 15 is 4.39 Å². The number of Topliss-reactive ketones (excluding diaryl/α,β-unsaturated/α-hetero) is 1. The molecule has 0 fully saturated rings. The van der Waals surface area contributed by atoms with Gasteiger partial charge in [0.1, 0.15) is 0 Å². The second-order valence-electron chi connectivity index (χ2n) is 4.88. The highest BCUT2D eigenvalue weighted by Gasteiger charge is 2.43. The summed E-state index contributed by atoms with van der Waals surface area (Å²) in [6, 6.07) is 14.8. The van der Waals surface area contributed by atoms with Crippen molar-refractivity contribution in [3.8, 4) is 0 Å². The number of nitrogens with one attached hydrogen (secondary N) is 1. The number of fused-ring (bicyclic) bond motifs is 1. The Labute approximate surface area is 126 Å². The highest BCUT2D eigenvalue weighted by Crippen LogP contribution is 2.38. The maximum absolute atomic E-state index is 15.5. The molecule has 4 nitrogen and oxygen atoms in total. The van der Waals surface area contributed by atoms with Gasteiger partial charge in [0.05, 0.1) is 0 Å². The van der Waals surface area contributed by atoms with E-state index in [1.807, 2.05) is 0 Å². The maximum atomic E-state index is 15.5. The summed E-state index contributed by atoms with van der Waals surface area (Å²) in [5.41, 5.74) is -1.84. The predicted octanol–water partition coefficient (Wildman–Crippen LogP) is 3.50. The first-order valence-corrected chi connectivity index (χ1v) is 6.72. The van der Waals surface area contributed by atoms with Crippen molar-refractivity contribution in [2.45, 2.75) is 5.67 Å². The van der Waals surface area contributed by atoms with Crippen LogP contribution in [0.15, 0.2) is 72.0 Å². The fourth-order valence-electron chi connectivity index (χ4n) is 2.48. The van der Waals surface area contributed by atoms with Crippen LogP contribution in [0.25, 0.3) is 0 Å². The van der Waals surface area contributed by atoms with Gasteiger partial charge in [0, 0.05) is 23.0 Å². The molecule has 1 aliphatic heterocycles. The summed E-state index contributed by atoms with van der Waals surface area (Å²) in [4.78, 5) is 12.5. The monoisotopic (exact) mass is 296 g/mol. The van der Waals surface area contributed by atoms with Gasteiger partial charge in [-0.15, -0.1) is 0 Å². The number of hydrogen-bond acceptors (Lipinski definition) is 4. The Hall–Kier alpha value is -2.95. The van der Waals surface area contributed by atoms with E-state index in [1.165, 1.54) is 12.3 Å². The van der Waals surface area contributed by atoms with Crippen molar-refractivity contribution in [2.24, 2.45) is 5.16 Å². The van der Waals surface area contributed by atoms with Crippen molar-refractivity contribution >= 4 is 17.2 Å². The zero-order chi connectivity index (χ0) is 15.6. The fraction of sp³-hybridized carbons (Fsp3) is 0.0588. The number of carbonyl (C=O) groups is 1. The molecule has 0 saturated heterocycles. The van der Waals surface area contributed by atoms with E-state index in [0.717, 1.165) is 0 Å². The third-order valence-electron chi connectivity index (χ3n) is 3.57. The number of nitrogens with zero attached hydrogens (tertiary/aromatic N) is 1. The van der Waals surface area contributed by atoms with Crippen LogP contribution in [0.3, 0.4) is 0 Å². The molecular formula is C17H13FN2O2. The third kappa shape index (κ3) is 2.16. The van der Waals surface area contributed by atoms with Crippen LogP contribution >= 0.6 is 0 Å². The van der Waals surface area contributed by atoms with Gasteiger partial charge in [-0.2, -0.15) is 0 Å². The number of oxime groups is 1. The Morgan fingerprint density at radius 1 is 1.09 bits per heavy atom. The molecule has 0 aliphatic carbocycles. The third-order valence-corrected chi connectivity index (χ3v) is 3.57. The fourth-order valence-corrected chi connectivity index (χ4v) is 2.48. The first kappa shape index (κ1) is 14.0. The second-order valence-corrected chi connectivity index (χ2v) is 4.88. The van der Waals surface area contributed by atoms with Crippen LogP contribution in [-0.4, -0.2) is 16.7 Å². The zero-order valence-electron chi connectivity index (χ0n) is 11.5. The van der Waals surface area contributed by atoms with Crippen molar-refractivity contribution in [1.82, 2.24) is 0 Å². The van der Waals surface area contributed by atoms with E-state index in [0.29, 0.717) is 5.69 Å². The smallest absolute Gasteiger partial charge is 0.214 e. The minimum atomic E-state index is -2.29. The quantitative estimate of drug-likeness (QED) is 0.394. The Morgan fingerprint density at radius 2 is 1.77 bits per heavy atom. The molecule has 3 rings (SSSR count). The van der Waals surface area contributed by atoms with Crippen LogP contribution in [0.5, 0.6) is 0 Å². The molecule has 110 valence electrons. The van der Waals surface area contributed by atoms with Crippen LogP contribution in [0.4, 0.5) is 10.1 Å². The highest BCUT2D eigenvalue weighted by atomic mass is 19.1. The maximum Gasteiger partial charge on any atom is 0.214 e. The molecule has 0 radical (unpaired) electrons. The Bertz CT molecular complexity index is 771. The van der Waals surface area contributed by atoms with Crippen molar-refractivity contribution in [1.29, 1.82) is 0 Å². The van der Waals surface area contributed by atoms with E-state index < -0.39 is 17.2 Å². The Morgan fingerprint density at radius 3 is 2.50 bits per heavy atom. The number of carbonyl (C=O) groups excluding carboxylic acids is 1. The van der Waals surface area contributed by atoms with Crippen molar-refractivity contribution in [2.75, 3.05) is 5.32 Å². The molecule has 0 aromatic heterocycles. The summed E-state index contributed by atoms with van der Waals surface area (Å²) >= 11 is 0. The second kappa shape index (κ2) is 5.44. The van der Waals surface area contributed by atoms with Crippen LogP contribution in [0.1, 0.15) is 15.9 Å². The standard InChI is InChI=1S/C17H13FN2O2/c18-17(10-11-19-14-9-5-4-8-13(14)17)16(20-22)15(21)12-6-2-1-3-7-12/h1-11,19,22H. The zero-order valence-corrected chi connectivity index (χ0v) is 11.5. The summed E-state index contributed by atoms with van der Waals surface area (Å²) in [5.74, 6) is -0.660. The molecular weight excluding hydrogens is 283 g/mol. The average Bonchev–Trinajstić information content (AvgIpc) is 2.56. The molecule has 1 heterocycles. The largest absolute Gasteiger partial charge is 0.410 e. The molecule has 0 spiro atoms. The normalized spacial score (nSPS) is 20.1. The van der Waals surface area contributed by atoms with Gasteiger partial charge in [-0.3, -0.25) is 4.79 Å². The summed E-state index contributed by atoms with van der Waals surface area (Å²) in [6.07, 6.45) is 2.57. The molecule has 5 heteroatoms. The van der Waals surface area contributed by atoms with Gasteiger partial charge in [0.25, 0.3) is 0 Å².